The van der Waals surface area contributed by atoms with Crippen molar-refractivity contribution in [1.82, 2.24) is 5.32 Å². The minimum absolute atomic E-state index is 0.160. The molecule has 2 aliphatic rings. The SMILES string of the molecule is [2H]C1([2H])Oc2ccc(OCC3[C@H](c4ccc(F)cc4)C([2H])([2H])CNC3([2H])[2H])cc2O1. The Bertz CT molecular complexity index is 940. The number of hydrogen-bond donors (Lipinski definition) is 1. The number of halogens is 1. The van der Waals surface area contributed by atoms with Crippen LogP contribution in [0, 0.1) is 11.7 Å². The molecule has 0 spiro atoms. The molecule has 0 saturated carbocycles. The molecule has 4 nitrogen and oxygen atoms in total. The van der Waals surface area contributed by atoms with Crippen LogP contribution in [0.2, 0.25) is 0 Å². The summed E-state index contributed by atoms with van der Waals surface area (Å²) >= 11 is 0. The van der Waals surface area contributed by atoms with Gasteiger partial charge in [-0.05, 0) is 48.7 Å². The number of fused-ring (bicyclic) bond motifs is 1. The molecular weight excluding hydrogens is 309 g/mol. The highest BCUT2D eigenvalue weighted by atomic mass is 19.1. The van der Waals surface area contributed by atoms with Gasteiger partial charge in [0.25, 0.3) is 0 Å². The van der Waals surface area contributed by atoms with Gasteiger partial charge in [-0.3, -0.25) is 0 Å². The fraction of sp³-hybridized carbons (Fsp3) is 0.368. The molecule has 1 saturated heterocycles. The van der Waals surface area contributed by atoms with Crippen LogP contribution in [0.25, 0.3) is 0 Å². The van der Waals surface area contributed by atoms with Crippen LogP contribution in [0.4, 0.5) is 4.39 Å². The third-order valence-corrected chi connectivity index (χ3v) is 3.98. The minimum atomic E-state index is -2.27. The van der Waals surface area contributed by atoms with Crippen LogP contribution < -0.4 is 19.5 Å². The highest BCUT2D eigenvalue weighted by Gasteiger charge is 2.27. The molecule has 0 amide bonds. The molecule has 24 heavy (non-hydrogen) atoms. The van der Waals surface area contributed by atoms with Gasteiger partial charge in [0.05, 0.1) is 6.61 Å². The van der Waals surface area contributed by atoms with E-state index in [1.54, 1.807) is 0 Å². The second-order valence-corrected chi connectivity index (χ2v) is 5.54. The fourth-order valence-electron chi connectivity index (χ4n) is 2.77. The quantitative estimate of drug-likeness (QED) is 0.930. The largest absolute Gasteiger partial charge is 0.493 e. The van der Waals surface area contributed by atoms with Crippen molar-refractivity contribution in [3.63, 3.8) is 0 Å². The Morgan fingerprint density at radius 2 is 2.00 bits per heavy atom. The van der Waals surface area contributed by atoms with Crippen LogP contribution in [0.5, 0.6) is 17.2 Å². The Labute approximate surface area is 149 Å². The third-order valence-electron chi connectivity index (χ3n) is 3.98. The molecule has 4 rings (SSSR count). The predicted octanol–water partition coefficient (Wildman–Crippen LogP) is 3.33. The van der Waals surface area contributed by atoms with E-state index in [2.05, 4.69) is 5.32 Å². The standard InChI is InChI=1S/C19H20FNO3/c20-15-3-1-13(2-4-15)17-7-8-21-10-14(17)11-22-16-5-6-18-19(9-16)24-12-23-18/h1-6,9,14,17,21H,7-8,10-12H2/t14?,17-/m0/s1/i7D2,10D2,12D2. The highest BCUT2D eigenvalue weighted by Crippen LogP contribution is 2.36. The van der Waals surface area contributed by atoms with E-state index in [4.69, 9.17) is 22.4 Å². The fourth-order valence-corrected chi connectivity index (χ4v) is 2.77. The van der Waals surface area contributed by atoms with Crippen LogP contribution in [-0.2, 0) is 0 Å². The first kappa shape index (κ1) is 9.89. The lowest BCUT2D eigenvalue weighted by Gasteiger charge is -2.32. The monoisotopic (exact) mass is 335 g/mol. The molecule has 126 valence electrons. The Hall–Kier alpha value is -2.27. The molecule has 1 fully saturated rings. The molecule has 2 aromatic carbocycles. The lowest BCUT2D eigenvalue weighted by atomic mass is 9.81. The molecule has 0 bridgehead atoms. The topological polar surface area (TPSA) is 39.7 Å². The van der Waals surface area contributed by atoms with Crippen molar-refractivity contribution < 1.29 is 26.8 Å². The van der Waals surface area contributed by atoms with Gasteiger partial charge < -0.3 is 19.5 Å². The summed E-state index contributed by atoms with van der Waals surface area (Å²) in [4.78, 5) is 0. The number of piperidine rings is 1. The highest BCUT2D eigenvalue weighted by molar-refractivity contribution is 5.46. The zero-order valence-corrected chi connectivity index (χ0v) is 12.7. The second kappa shape index (κ2) is 6.69. The van der Waals surface area contributed by atoms with E-state index in [-0.39, 0.29) is 24.7 Å². The maximum atomic E-state index is 13.4. The molecule has 1 N–H and O–H groups in total. The summed E-state index contributed by atoms with van der Waals surface area (Å²) in [5.74, 6) is -1.57. The first-order chi connectivity index (χ1) is 14.0. The molecule has 1 unspecified atom stereocenters. The predicted molar refractivity (Wildman–Crippen MR) is 88.2 cm³/mol. The molecule has 2 aromatic rings. The molecule has 5 heteroatoms. The maximum absolute atomic E-state index is 13.4. The van der Waals surface area contributed by atoms with Crippen molar-refractivity contribution in [2.75, 3.05) is 26.4 Å². The van der Waals surface area contributed by atoms with Crippen LogP contribution in [0.1, 0.15) is 26.1 Å². The van der Waals surface area contributed by atoms with Gasteiger partial charge in [0, 0.05) is 24.0 Å². The van der Waals surface area contributed by atoms with Gasteiger partial charge in [0.2, 0.25) is 6.75 Å². The number of rotatable bonds is 4. The van der Waals surface area contributed by atoms with E-state index in [1.165, 1.54) is 42.5 Å². The van der Waals surface area contributed by atoms with Crippen molar-refractivity contribution >= 4 is 0 Å². The summed E-state index contributed by atoms with van der Waals surface area (Å²) in [5.41, 5.74) is 0.485. The van der Waals surface area contributed by atoms with E-state index in [9.17, 15) is 4.39 Å². The van der Waals surface area contributed by atoms with E-state index in [1.807, 2.05) is 0 Å². The lowest BCUT2D eigenvalue weighted by Crippen LogP contribution is -2.38. The maximum Gasteiger partial charge on any atom is 0.231 e. The normalized spacial score (nSPS) is 32.4. The van der Waals surface area contributed by atoms with Crippen molar-refractivity contribution in [2.45, 2.75) is 12.3 Å². The Morgan fingerprint density at radius 1 is 1.17 bits per heavy atom. The molecule has 0 radical (unpaired) electrons. The van der Waals surface area contributed by atoms with E-state index >= 15 is 0 Å². The Balaban J connectivity index is 1.59. The molecule has 2 atom stereocenters. The molecule has 2 heterocycles. The molecule has 0 aromatic heterocycles. The summed E-state index contributed by atoms with van der Waals surface area (Å²) < 4.78 is 77.7. The molecular formula is C19H20FNO3. The zero-order chi connectivity index (χ0) is 21.7. The second-order valence-electron chi connectivity index (χ2n) is 5.54. The van der Waals surface area contributed by atoms with Crippen molar-refractivity contribution in [2.24, 2.45) is 5.92 Å². The van der Waals surface area contributed by atoms with Gasteiger partial charge in [-0.15, -0.1) is 0 Å². The molecule has 2 aliphatic heterocycles. The average Bonchev–Trinajstić information content (AvgIpc) is 2.96. The van der Waals surface area contributed by atoms with E-state index in [0.717, 1.165) is 0 Å². The first-order valence-corrected chi connectivity index (χ1v) is 7.62. The number of nitrogens with one attached hydrogen (secondary N) is 1. The van der Waals surface area contributed by atoms with Crippen molar-refractivity contribution in [3.05, 3.63) is 53.8 Å². The van der Waals surface area contributed by atoms with E-state index in [0.29, 0.717) is 11.3 Å². The van der Waals surface area contributed by atoms with Gasteiger partial charge in [-0.2, -0.15) is 0 Å². The van der Waals surface area contributed by atoms with Crippen LogP contribution in [0.3, 0.4) is 0 Å². The van der Waals surface area contributed by atoms with Gasteiger partial charge in [-0.1, -0.05) is 12.1 Å². The van der Waals surface area contributed by atoms with Crippen LogP contribution in [0.15, 0.2) is 42.5 Å². The summed E-state index contributed by atoms with van der Waals surface area (Å²) in [6.45, 7) is -4.57. The van der Waals surface area contributed by atoms with E-state index < -0.39 is 37.3 Å². The van der Waals surface area contributed by atoms with Crippen molar-refractivity contribution in [3.8, 4) is 17.2 Å². The Kier molecular flexibility index (Phi) is 2.76. The lowest BCUT2D eigenvalue weighted by molar-refractivity contribution is 0.173. The molecule has 0 aliphatic carbocycles. The number of hydrogen-bond acceptors (Lipinski definition) is 4. The van der Waals surface area contributed by atoms with Gasteiger partial charge in [0.1, 0.15) is 14.3 Å². The first-order valence-electron chi connectivity index (χ1n) is 10.6. The van der Waals surface area contributed by atoms with Crippen LogP contribution in [-0.4, -0.2) is 26.4 Å². The summed E-state index contributed by atoms with van der Waals surface area (Å²) in [6, 6.07) is 9.85. The zero-order valence-electron chi connectivity index (χ0n) is 18.7. The van der Waals surface area contributed by atoms with Crippen LogP contribution >= 0.6 is 0 Å². The van der Waals surface area contributed by atoms with Gasteiger partial charge in [0.15, 0.2) is 11.5 Å². The number of ether oxygens (including phenoxy) is 3. The summed E-state index contributed by atoms with van der Waals surface area (Å²) in [7, 11) is 0. The number of benzene rings is 2. The smallest absolute Gasteiger partial charge is 0.231 e. The van der Waals surface area contributed by atoms with Crippen molar-refractivity contribution in [1.29, 1.82) is 0 Å². The summed E-state index contributed by atoms with van der Waals surface area (Å²) in [6.07, 6.45) is -1.79. The minimum Gasteiger partial charge on any atom is -0.493 e. The summed E-state index contributed by atoms with van der Waals surface area (Å²) in [5, 5.41) is 2.61. The average molecular weight is 335 g/mol. The van der Waals surface area contributed by atoms with Gasteiger partial charge >= 0.3 is 0 Å². The third kappa shape index (κ3) is 3.17. The Morgan fingerprint density at radius 3 is 2.88 bits per heavy atom. The van der Waals surface area contributed by atoms with Gasteiger partial charge in [-0.25, -0.2) is 4.39 Å².